The largest absolute Gasteiger partial charge is 0.490 e. The number of rotatable bonds is 9. The lowest BCUT2D eigenvalue weighted by molar-refractivity contribution is 0.0949. The van der Waals surface area contributed by atoms with Crippen LogP contribution in [0, 0.1) is 0 Å². The molecule has 1 amide bonds. The van der Waals surface area contributed by atoms with Gasteiger partial charge < -0.3 is 19.4 Å². The highest BCUT2D eigenvalue weighted by atomic mass is 35.5. The smallest absolute Gasteiger partial charge is 0.251 e. The molecule has 1 aliphatic rings. The second kappa shape index (κ2) is 10.5. The van der Waals surface area contributed by atoms with E-state index in [0.717, 1.165) is 50.3 Å². The molecular formula is C21H29ClN4O3. The third-order valence-electron chi connectivity index (χ3n) is 4.91. The van der Waals surface area contributed by atoms with Crippen LogP contribution in [0.5, 0.6) is 11.5 Å². The molecule has 0 bridgehead atoms. The van der Waals surface area contributed by atoms with Crippen LogP contribution in [0.2, 0.25) is 5.02 Å². The van der Waals surface area contributed by atoms with Crippen LogP contribution in [-0.4, -0.2) is 33.9 Å². The minimum Gasteiger partial charge on any atom is -0.490 e. The van der Waals surface area contributed by atoms with Gasteiger partial charge in [0.1, 0.15) is 5.82 Å². The Kier molecular flexibility index (Phi) is 7.75. The molecule has 0 unspecified atom stereocenters. The van der Waals surface area contributed by atoms with Crippen molar-refractivity contribution in [3.63, 3.8) is 0 Å². The lowest BCUT2D eigenvalue weighted by atomic mass is 10.2. The summed E-state index contributed by atoms with van der Waals surface area (Å²) in [6.07, 6.45) is 6.32. The summed E-state index contributed by atoms with van der Waals surface area (Å²) in [6.45, 7) is 6.21. The van der Waals surface area contributed by atoms with Crippen LogP contribution in [0.1, 0.15) is 68.0 Å². The molecule has 158 valence electrons. The fraction of sp³-hybridized carbons (Fsp3) is 0.571. The first-order valence-corrected chi connectivity index (χ1v) is 10.8. The fourth-order valence-electron chi connectivity index (χ4n) is 3.36. The first-order chi connectivity index (χ1) is 14.1. The van der Waals surface area contributed by atoms with Crippen LogP contribution in [0.3, 0.4) is 0 Å². The van der Waals surface area contributed by atoms with Crippen LogP contribution in [-0.2, 0) is 19.5 Å². The van der Waals surface area contributed by atoms with Crippen molar-refractivity contribution in [3.8, 4) is 11.5 Å². The maximum atomic E-state index is 12.7. The predicted octanol–water partition coefficient (Wildman–Crippen LogP) is 4.17. The summed E-state index contributed by atoms with van der Waals surface area (Å²) in [5.41, 5.74) is 0.428. The Bertz CT molecular complexity index is 838. The predicted molar refractivity (Wildman–Crippen MR) is 112 cm³/mol. The number of aromatic nitrogens is 3. The second-order valence-corrected chi connectivity index (χ2v) is 7.50. The van der Waals surface area contributed by atoms with Crippen molar-refractivity contribution in [2.24, 2.45) is 0 Å². The summed E-state index contributed by atoms with van der Waals surface area (Å²) in [4.78, 5) is 12.7. The van der Waals surface area contributed by atoms with Gasteiger partial charge in [-0.3, -0.25) is 4.79 Å². The van der Waals surface area contributed by atoms with Crippen molar-refractivity contribution in [3.05, 3.63) is 34.4 Å². The number of carbonyl (C=O) groups excluding carboxylic acids is 1. The van der Waals surface area contributed by atoms with Gasteiger partial charge in [-0.15, -0.1) is 10.2 Å². The lowest BCUT2D eigenvalue weighted by Gasteiger charge is -2.15. The summed E-state index contributed by atoms with van der Waals surface area (Å²) < 4.78 is 13.6. The zero-order valence-electron chi connectivity index (χ0n) is 17.2. The average Bonchev–Trinajstić information content (AvgIpc) is 2.94. The van der Waals surface area contributed by atoms with Gasteiger partial charge in [0.15, 0.2) is 17.3 Å². The Morgan fingerprint density at radius 2 is 2.07 bits per heavy atom. The Labute approximate surface area is 176 Å². The van der Waals surface area contributed by atoms with Gasteiger partial charge in [0.2, 0.25) is 0 Å². The molecule has 1 aromatic heterocycles. The minimum absolute atomic E-state index is 0.237. The van der Waals surface area contributed by atoms with Crippen molar-refractivity contribution >= 4 is 17.5 Å². The van der Waals surface area contributed by atoms with Crippen molar-refractivity contribution in [2.75, 3.05) is 13.2 Å². The number of aryl methyl sites for hydroxylation is 1. The quantitative estimate of drug-likeness (QED) is 0.616. The molecular weight excluding hydrogens is 392 g/mol. The number of unbranched alkanes of at least 4 members (excludes halogenated alkanes) is 1. The minimum atomic E-state index is -0.237. The first-order valence-electron chi connectivity index (χ1n) is 10.4. The van der Waals surface area contributed by atoms with Crippen LogP contribution >= 0.6 is 11.6 Å². The number of nitrogens with one attached hydrogen (secondary N) is 1. The summed E-state index contributed by atoms with van der Waals surface area (Å²) >= 11 is 6.39. The molecule has 2 heterocycles. The number of halogens is 1. The third kappa shape index (κ3) is 5.41. The van der Waals surface area contributed by atoms with E-state index in [1.54, 1.807) is 12.1 Å². The van der Waals surface area contributed by atoms with Crippen molar-refractivity contribution in [1.82, 2.24) is 20.1 Å². The van der Waals surface area contributed by atoms with Crippen molar-refractivity contribution in [2.45, 2.75) is 65.5 Å². The Balaban J connectivity index is 1.71. The molecule has 0 fully saturated rings. The molecule has 0 radical (unpaired) electrons. The van der Waals surface area contributed by atoms with Crippen LogP contribution < -0.4 is 14.8 Å². The van der Waals surface area contributed by atoms with E-state index in [1.807, 2.05) is 6.92 Å². The molecule has 0 aliphatic carbocycles. The second-order valence-electron chi connectivity index (χ2n) is 7.10. The van der Waals surface area contributed by atoms with Crippen molar-refractivity contribution < 1.29 is 14.3 Å². The molecule has 2 aromatic rings. The molecule has 1 aromatic carbocycles. The van der Waals surface area contributed by atoms with E-state index >= 15 is 0 Å². The highest BCUT2D eigenvalue weighted by molar-refractivity contribution is 6.32. The van der Waals surface area contributed by atoms with E-state index in [9.17, 15) is 4.79 Å². The SMILES string of the molecule is CCCCOc1c(Cl)cc(C(=O)NCc2nnc3n2CCCCC3)cc1OCC. The molecule has 0 spiro atoms. The summed E-state index contributed by atoms with van der Waals surface area (Å²) in [7, 11) is 0. The fourth-order valence-corrected chi connectivity index (χ4v) is 3.62. The molecule has 0 saturated heterocycles. The monoisotopic (exact) mass is 420 g/mol. The summed E-state index contributed by atoms with van der Waals surface area (Å²) in [5, 5.41) is 11.8. The summed E-state index contributed by atoms with van der Waals surface area (Å²) in [6, 6.07) is 3.29. The van der Waals surface area contributed by atoms with Gasteiger partial charge in [-0.1, -0.05) is 31.4 Å². The Morgan fingerprint density at radius 3 is 2.86 bits per heavy atom. The van der Waals surface area contributed by atoms with Crippen molar-refractivity contribution in [1.29, 1.82) is 0 Å². The lowest BCUT2D eigenvalue weighted by Crippen LogP contribution is -2.25. The molecule has 1 N–H and O–H groups in total. The van der Waals surface area contributed by atoms with Gasteiger partial charge in [0.05, 0.1) is 24.8 Å². The standard InChI is InChI=1S/C21H29ClN4O3/c1-3-5-11-29-20-16(22)12-15(13-17(20)28-4-2)21(27)23-14-19-25-24-18-9-7-6-8-10-26(18)19/h12-13H,3-11,14H2,1-2H3,(H,23,27). The van der Waals surface area contributed by atoms with Gasteiger partial charge in [0, 0.05) is 18.5 Å². The average molecular weight is 421 g/mol. The van der Waals surface area contributed by atoms with Gasteiger partial charge in [0.25, 0.3) is 5.91 Å². The van der Waals surface area contributed by atoms with Crippen LogP contribution in [0.15, 0.2) is 12.1 Å². The maximum Gasteiger partial charge on any atom is 0.251 e. The molecule has 0 atom stereocenters. The number of hydrogen-bond donors (Lipinski definition) is 1. The van der Waals surface area contributed by atoms with Gasteiger partial charge in [-0.05, 0) is 38.3 Å². The topological polar surface area (TPSA) is 78.3 Å². The zero-order valence-corrected chi connectivity index (χ0v) is 17.9. The van der Waals surface area contributed by atoms with E-state index in [-0.39, 0.29) is 5.91 Å². The number of ether oxygens (including phenoxy) is 2. The number of amides is 1. The van der Waals surface area contributed by atoms with E-state index in [4.69, 9.17) is 21.1 Å². The molecule has 7 nitrogen and oxygen atoms in total. The van der Waals surface area contributed by atoms with E-state index in [0.29, 0.717) is 41.8 Å². The highest BCUT2D eigenvalue weighted by Gasteiger charge is 2.18. The normalized spacial score (nSPS) is 13.5. The Morgan fingerprint density at radius 1 is 1.21 bits per heavy atom. The van der Waals surface area contributed by atoms with Crippen LogP contribution in [0.25, 0.3) is 0 Å². The number of carbonyl (C=O) groups is 1. The number of hydrogen-bond acceptors (Lipinski definition) is 5. The number of fused-ring (bicyclic) bond motifs is 1. The molecule has 8 heteroatoms. The molecule has 1 aliphatic heterocycles. The number of nitrogens with zero attached hydrogens (tertiary/aromatic N) is 3. The molecule has 0 saturated carbocycles. The highest BCUT2D eigenvalue weighted by Crippen LogP contribution is 2.37. The van der Waals surface area contributed by atoms with E-state index < -0.39 is 0 Å². The Hall–Kier alpha value is -2.28. The maximum absolute atomic E-state index is 12.7. The number of benzene rings is 1. The van der Waals surface area contributed by atoms with Crippen LogP contribution in [0.4, 0.5) is 0 Å². The van der Waals surface area contributed by atoms with Gasteiger partial charge in [-0.25, -0.2) is 0 Å². The first kappa shape index (κ1) is 21.4. The van der Waals surface area contributed by atoms with E-state index in [1.165, 1.54) is 6.42 Å². The molecule has 29 heavy (non-hydrogen) atoms. The molecule has 3 rings (SSSR count). The van der Waals surface area contributed by atoms with E-state index in [2.05, 4.69) is 27.0 Å². The summed E-state index contributed by atoms with van der Waals surface area (Å²) in [5.74, 6) is 2.52. The van der Waals surface area contributed by atoms with Gasteiger partial charge in [-0.2, -0.15) is 0 Å². The van der Waals surface area contributed by atoms with Gasteiger partial charge >= 0.3 is 0 Å². The third-order valence-corrected chi connectivity index (χ3v) is 5.19. The zero-order chi connectivity index (χ0) is 20.6.